The van der Waals surface area contributed by atoms with Crippen LogP contribution in [0.15, 0.2) is 30.3 Å². The van der Waals surface area contributed by atoms with Crippen molar-refractivity contribution in [3.63, 3.8) is 0 Å². The van der Waals surface area contributed by atoms with Gasteiger partial charge in [-0.1, -0.05) is 30.3 Å². The summed E-state index contributed by atoms with van der Waals surface area (Å²) in [5.74, 6) is -1.05. The van der Waals surface area contributed by atoms with Crippen molar-refractivity contribution in [3.05, 3.63) is 35.9 Å². The van der Waals surface area contributed by atoms with Gasteiger partial charge >= 0.3 is 12.1 Å². The van der Waals surface area contributed by atoms with E-state index in [0.29, 0.717) is 12.0 Å². The van der Waals surface area contributed by atoms with Gasteiger partial charge in [-0.25, -0.2) is 4.79 Å². The highest BCUT2D eigenvalue weighted by Gasteiger charge is 2.40. The lowest BCUT2D eigenvalue weighted by Gasteiger charge is -2.30. The van der Waals surface area contributed by atoms with E-state index >= 15 is 0 Å². The van der Waals surface area contributed by atoms with Crippen molar-refractivity contribution in [1.82, 2.24) is 5.32 Å². The van der Waals surface area contributed by atoms with Crippen molar-refractivity contribution >= 4 is 12.1 Å². The Kier molecular flexibility index (Phi) is 6.57. The number of rotatable bonds is 7. The lowest BCUT2D eigenvalue weighted by atomic mass is 9.76. The van der Waals surface area contributed by atoms with Gasteiger partial charge in [0.05, 0.1) is 0 Å². The molecule has 6 heteroatoms. The first-order valence-corrected chi connectivity index (χ1v) is 7.58. The Morgan fingerprint density at radius 3 is 2.26 bits per heavy atom. The molecule has 0 fully saturated rings. The molecule has 1 aromatic rings. The summed E-state index contributed by atoms with van der Waals surface area (Å²) in [6.07, 6.45) is -0.140. The Morgan fingerprint density at radius 1 is 1.17 bits per heavy atom. The fourth-order valence-electron chi connectivity index (χ4n) is 2.32. The third kappa shape index (κ3) is 5.56. The molecular weight excluding hydrogens is 298 g/mol. The van der Waals surface area contributed by atoms with E-state index in [1.54, 1.807) is 51.1 Å². The summed E-state index contributed by atoms with van der Waals surface area (Å²) in [6, 6.07) is 8.72. The second-order valence-electron chi connectivity index (χ2n) is 6.44. The average molecular weight is 323 g/mol. The Balaban J connectivity index is 2.99. The third-order valence-corrected chi connectivity index (χ3v) is 3.43. The second-order valence-corrected chi connectivity index (χ2v) is 6.44. The van der Waals surface area contributed by atoms with E-state index in [2.05, 4.69) is 5.32 Å². The topological polar surface area (TPSA) is 95.9 Å². The van der Waals surface area contributed by atoms with Gasteiger partial charge in [-0.3, -0.25) is 4.79 Å². The van der Waals surface area contributed by atoms with Crippen LogP contribution in [0.4, 0.5) is 4.79 Å². The number of alkyl carbamates (subject to hydrolysis) is 1. The molecule has 128 valence electrons. The zero-order chi connectivity index (χ0) is 17.5. The number of carboxylic acids is 1. The van der Waals surface area contributed by atoms with E-state index in [1.165, 1.54) is 0 Å². The number of amides is 1. The molecule has 1 rings (SSSR count). The predicted octanol–water partition coefficient (Wildman–Crippen LogP) is 2.31. The Hall–Kier alpha value is -2.08. The van der Waals surface area contributed by atoms with Crippen molar-refractivity contribution in [1.29, 1.82) is 0 Å². The fourth-order valence-corrected chi connectivity index (χ4v) is 2.32. The van der Waals surface area contributed by atoms with Gasteiger partial charge in [-0.15, -0.1) is 0 Å². The molecular formula is C17H25NO5. The van der Waals surface area contributed by atoms with Crippen molar-refractivity contribution < 1.29 is 24.5 Å². The summed E-state index contributed by atoms with van der Waals surface area (Å²) in [5, 5.41) is 21.4. The van der Waals surface area contributed by atoms with E-state index in [9.17, 15) is 14.7 Å². The standard InChI is InChI=1S/C17H25NO5/c1-16(2,3)23-15(22)18-12-17(14(20)21,10-7-11-19)13-8-5-4-6-9-13/h4-6,8-9,19H,7,10-12H2,1-3H3,(H,18,22)(H,20,21). The average Bonchev–Trinajstić information content (AvgIpc) is 2.46. The van der Waals surface area contributed by atoms with Crippen LogP contribution in [0.5, 0.6) is 0 Å². The molecule has 6 nitrogen and oxygen atoms in total. The first kappa shape index (κ1) is 19.0. The van der Waals surface area contributed by atoms with E-state index in [-0.39, 0.29) is 19.6 Å². The highest BCUT2D eigenvalue weighted by molar-refractivity contribution is 5.82. The zero-order valence-electron chi connectivity index (χ0n) is 13.8. The number of nitrogens with one attached hydrogen (secondary N) is 1. The van der Waals surface area contributed by atoms with Crippen molar-refractivity contribution in [2.45, 2.75) is 44.6 Å². The van der Waals surface area contributed by atoms with Crippen LogP contribution in [0.25, 0.3) is 0 Å². The number of carbonyl (C=O) groups is 2. The molecule has 0 spiro atoms. The number of ether oxygens (including phenoxy) is 1. The lowest BCUT2D eigenvalue weighted by Crippen LogP contribution is -2.47. The third-order valence-electron chi connectivity index (χ3n) is 3.43. The van der Waals surface area contributed by atoms with Crippen LogP contribution >= 0.6 is 0 Å². The number of carboxylic acid groups (broad SMARTS) is 1. The molecule has 0 aliphatic carbocycles. The number of aliphatic carboxylic acids is 1. The second kappa shape index (κ2) is 7.97. The number of aliphatic hydroxyl groups is 1. The van der Waals surface area contributed by atoms with Gasteiger partial charge in [0.15, 0.2) is 0 Å². The van der Waals surface area contributed by atoms with Gasteiger partial charge in [0.25, 0.3) is 0 Å². The molecule has 1 aromatic carbocycles. The molecule has 0 bridgehead atoms. The van der Waals surface area contributed by atoms with Crippen LogP contribution in [0.1, 0.15) is 39.2 Å². The molecule has 0 aliphatic heterocycles. The number of aliphatic hydroxyl groups excluding tert-OH is 1. The number of hydrogen-bond donors (Lipinski definition) is 3. The SMILES string of the molecule is CC(C)(C)OC(=O)NCC(CCCO)(C(=O)O)c1ccccc1. The molecule has 1 amide bonds. The molecule has 1 unspecified atom stereocenters. The van der Waals surface area contributed by atoms with Gasteiger partial charge in [0, 0.05) is 13.2 Å². The van der Waals surface area contributed by atoms with Gasteiger partial charge < -0.3 is 20.3 Å². The molecule has 0 saturated carbocycles. The van der Waals surface area contributed by atoms with Crippen LogP contribution < -0.4 is 5.32 Å². The first-order chi connectivity index (χ1) is 10.7. The first-order valence-electron chi connectivity index (χ1n) is 7.58. The molecule has 0 saturated heterocycles. The summed E-state index contributed by atoms with van der Waals surface area (Å²) in [7, 11) is 0. The minimum atomic E-state index is -1.30. The maximum absolute atomic E-state index is 12.0. The summed E-state index contributed by atoms with van der Waals surface area (Å²) in [6.45, 7) is 4.98. The highest BCUT2D eigenvalue weighted by Crippen LogP contribution is 2.29. The van der Waals surface area contributed by atoms with Gasteiger partial charge in [0.1, 0.15) is 11.0 Å². The molecule has 1 atom stereocenters. The lowest BCUT2D eigenvalue weighted by molar-refractivity contribution is -0.144. The van der Waals surface area contributed by atoms with E-state index in [4.69, 9.17) is 9.84 Å². The van der Waals surface area contributed by atoms with Gasteiger partial charge in [-0.05, 0) is 39.2 Å². The van der Waals surface area contributed by atoms with Crippen molar-refractivity contribution in [2.24, 2.45) is 0 Å². The summed E-state index contributed by atoms with van der Waals surface area (Å²) in [4.78, 5) is 23.8. The zero-order valence-corrected chi connectivity index (χ0v) is 13.8. The normalized spacial score (nSPS) is 13.9. The van der Waals surface area contributed by atoms with Crippen LogP contribution in [-0.2, 0) is 14.9 Å². The minimum Gasteiger partial charge on any atom is -0.481 e. The van der Waals surface area contributed by atoms with E-state index in [0.717, 1.165) is 0 Å². The van der Waals surface area contributed by atoms with E-state index in [1.807, 2.05) is 0 Å². The summed E-state index contributed by atoms with van der Waals surface area (Å²) >= 11 is 0. The fraction of sp³-hybridized carbons (Fsp3) is 0.529. The van der Waals surface area contributed by atoms with Crippen molar-refractivity contribution in [3.8, 4) is 0 Å². The predicted molar refractivity (Wildman–Crippen MR) is 86.3 cm³/mol. The van der Waals surface area contributed by atoms with Crippen LogP contribution in [0.3, 0.4) is 0 Å². The monoisotopic (exact) mass is 323 g/mol. The number of carbonyl (C=O) groups excluding carboxylic acids is 1. The largest absolute Gasteiger partial charge is 0.481 e. The molecule has 0 radical (unpaired) electrons. The number of hydrogen-bond acceptors (Lipinski definition) is 4. The molecule has 0 aliphatic rings. The van der Waals surface area contributed by atoms with Crippen molar-refractivity contribution in [2.75, 3.05) is 13.2 Å². The Bertz CT molecular complexity index is 524. The van der Waals surface area contributed by atoms with E-state index < -0.39 is 23.1 Å². The highest BCUT2D eigenvalue weighted by atomic mass is 16.6. The Labute approximate surface area is 136 Å². The molecule has 3 N–H and O–H groups in total. The number of benzene rings is 1. The van der Waals surface area contributed by atoms with Crippen LogP contribution in [0.2, 0.25) is 0 Å². The summed E-state index contributed by atoms with van der Waals surface area (Å²) in [5.41, 5.74) is -1.38. The summed E-state index contributed by atoms with van der Waals surface area (Å²) < 4.78 is 5.16. The maximum Gasteiger partial charge on any atom is 0.407 e. The van der Waals surface area contributed by atoms with Gasteiger partial charge in [0.2, 0.25) is 0 Å². The minimum absolute atomic E-state index is 0.110. The Morgan fingerprint density at radius 2 is 1.78 bits per heavy atom. The smallest absolute Gasteiger partial charge is 0.407 e. The quantitative estimate of drug-likeness (QED) is 0.715. The molecule has 0 aromatic heterocycles. The molecule has 23 heavy (non-hydrogen) atoms. The van der Waals surface area contributed by atoms with Crippen LogP contribution in [-0.4, -0.2) is 41.0 Å². The van der Waals surface area contributed by atoms with Crippen LogP contribution in [0, 0.1) is 0 Å². The van der Waals surface area contributed by atoms with Gasteiger partial charge in [-0.2, -0.15) is 0 Å². The maximum atomic E-state index is 12.0. The molecule has 0 heterocycles.